The highest BCUT2D eigenvalue weighted by Gasteiger charge is 2.74. The number of ether oxygens (including phenoxy) is 4. The molecular formula is C40H44N2O7. The van der Waals surface area contributed by atoms with Crippen LogP contribution in [0, 0.1) is 5.92 Å². The molecule has 0 aromatic heterocycles. The van der Waals surface area contributed by atoms with Gasteiger partial charge in [-0.25, -0.2) is 4.79 Å². The van der Waals surface area contributed by atoms with E-state index in [1.165, 1.54) is 20.0 Å². The smallest absolute Gasteiger partial charge is 0.330 e. The lowest BCUT2D eigenvalue weighted by atomic mass is 9.49. The third-order valence-electron chi connectivity index (χ3n) is 11.4. The van der Waals surface area contributed by atoms with Gasteiger partial charge in [0.05, 0.1) is 23.7 Å². The van der Waals surface area contributed by atoms with Gasteiger partial charge in [-0.3, -0.25) is 9.69 Å². The Balaban J connectivity index is 1.26. The molecule has 1 amide bonds. The van der Waals surface area contributed by atoms with Crippen LogP contribution in [0.3, 0.4) is 0 Å². The monoisotopic (exact) mass is 664 g/mol. The van der Waals surface area contributed by atoms with Gasteiger partial charge in [0.1, 0.15) is 24.5 Å². The second-order valence-corrected chi connectivity index (χ2v) is 14.9. The zero-order valence-corrected chi connectivity index (χ0v) is 28.4. The summed E-state index contributed by atoms with van der Waals surface area (Å²) in [4.78, 5) is 29.5. The SMILES string of the molecule is COC(=O)C(C)(C)NC(=O)C1=C(OCc2ccccc2)[C@@H]2Oc3c(OCc4ccccc4)ccc4c3[C@@]23CCN(CC2CC2)[C@H](C4)[C@]3(O)C1. The molecule has 1 saturated carbocycles. The Morgan fingerprint density at radius 2 is 1.65 bits per heavy atom. The first-order valence-electron chi connectivity index (χ1n) is 17.4. The second-order valence-electron chi connectivity index (χ2n) is 14.9. The van der Waals surface area contributed by atoms with Crippen molar-refractivity contribution in [1.29, 1.82) is 0 Å². The van der Waals surface area contributed by atoms with Crippen molar-refractivity contribution in [3.63, 3.8) is 0 Å². The standard InChI is InChI=1S/C40H44N2O7/c1-38(2,37(44)46-3)41-36(43)29-21-40(45)31-20-28-16-17-30(47-23-26-10-6-4-7-11-26)34-32(28)39(40,18-19-42(31)22-25-14-15-25)35(49-34)33(29)48-24-27-12-8-5-9-13-27/h4-13,16-17,25,31,35,45H,14-15,18-24H2,1-3H3,(H,41,43)/t31-,35+,39+,40-/m1/s1. The van der Waals surface area contributed by atoms with Gasteiger partial charge in [0.15, 0.2) is 17.6 Å². The summed E-state index contributed by atoms with van der Waals surface area (Å²) in [5.74, 6) is 1.18. The number of carbonyl (C=O) groups is 2. The highest BCUT2D eigenvalue weighted by atomic mass is 16.6. The Morgan fingerprint density at radius 3 is 2.31 bits per heavy atom. The summed E-state index contributed by atoms with van der Waals surface area (Å²) < 4.78 is 25.1. The third kappa shape index (κ3) is 5.20. The zero-order valence-electron chi connectivity index (χ0n) is 28.4. The van der Waals surface area contributed by atoms with Crippen molar-refractivity contribution >= 4 is 11.9 Å². The van der Waals surface area contributed by atoms with Crippen LogP contribution in [0.15, 0.2) is 84.1 Å². The minimum Gasteiger partial charge on any atom is -0.489 e. The normalized spacial score (nSPS) is 26.8. The molecule has 49 heavy (non-hydrogen) atoms. The fraction of sp³-hybridized carbons (Fsp3) is 0.450. The first kappa shape index (κ1) is 31.9. The molecule has 2 heterocycles. The predicted molar refractivity (Wildman–Crippen MR) is 182 cm³/mol. The Bertz CT molecular complexity index is 1800. The maximum atomic E-state index is 14.4. The second kappa shape index (κ2) is 11.9. The summed E-state index contributed by atoms with van der Waals surface area (Å²) in [6.07, 6.45) is 2.95. The minimum absolute atomic E-state index is 0.0554. The van der Waals surface area contributed by atoms with E-state index in [4.69, 9.17) is 18.9 Å². The van der Waals surface area contributed by atoms with Crippen molar-refractivity contribution in [2.75, 3.05) is 20.2 Å². The van der Waals surface area contributed by atoms with Crippen LogP contribution in [-0.4, -0.2) is 65.4 Å². The molecule has 5 aliphatic rings. The zero-order chi connectivity index (χ0) is 34.0. The topological polar surface area (TPSA) is 107 Å². The highest BCUT2D eigenvalue weighted by molar-refractivity contribution is 5.98. The average Bonchev–Trinajstić information content (AvgIpc) is 3.85. The number of benzene rings is 3. The average molecular weight is 665 g/mol. The Labute approximate surface area is 287 Å². The fourth-order valence-electron chi connectivity index (χ4n) is 8.75. The van der Waals surface area contributed by atoms with Crippen molar-refractivity contribution < 1.29 is 33.6 Å². The minimum atomic E-state index is -1.34. The molecule has 2 N–H and O–H groups in total. The summed E-state index contributed by atoms with van der Waals surface area (Å²) in [5, 5.41) is 16.3. The third-order valence-corrected chi connectivity index (χ3v) is 11.4. The fourth-order valence-corrected chi connectivity index (χ4v) is 8.75. The van der Waals surface area contributed by atoms with Gasteiger partial charge in [0.25, 0.3) is 5.91 Å². The summed E-state index contributed by atoms with van der Waals surface area (Å²) in [7, 11) is 1.30. The molecule has 3 aliphatic carbocycles. The molecule has 3 aromatic carbocycles. The molecule has 3 aromatic rings. The van der Waals surface area contributed by atoms with Crippen LogP contribution in [0.2, 0.25) is 0 Å². The number of esters is 1. The maximum Gasteiger partial charge on any atom is 0.330 e. The number of nitrogens with one attached hydrogen (secondary N) is 1. The van der Waals surface area contributed by atoms with E-state index >= 15 is 0 Å². The number of aliphatic hydroxyl groups is 1. The number of methoxy groups -OCH3 is 1. The molecule has 9 nitrogen and oxygen atoms in total. The first-order chi connectivity index (χ1) is 23.6. The van der Waals surface area contributed by atoms with Gasteiger partial charge >= 0.3 is 5.97 Å². The number of piperidine rings is 1. The quantitative estimate of drug-likeness (QED) is 0.277. The first-order valence-corrected chi connectivity index (χ1v) is 17.4. The molecule has 4 atom stereocenters. The summed E-state index contributed by atoms with van der Waals surface area (Å²) in [5.41, 5.74) is 0.856. The van der Waals surface area contributed by atoms with E-state index in [2.05, 4.69) is 16.3 Å². The Kier molecular flexibility index (Phi) is 7.76. The predicted octanol–water partition coefficient (Wildman–Crippen LogP) is 4.98. The molecule has 2 bridgehead atoms. The van der Waals surface area contributed by atoms with Gasteiger partial charge in [-0.1, -0.05) is 66.7 Å². The van der Waals surface area contributed by atoms with E-state index in [-0.39, 0.29) is 24.6 Å². The van der Waals surface area contributed by atoms with Crippen molar-refractivity contribution in [3.05, 3.63) is 106 Å². The van der Waals surface area contributed by atoms with Gasteiger partial charge in [0.2, 0.25) is 0 Å². The number of amides is 1. The van der Waals surface area contributed by atoms with Crippen LogP contribution in [0.1, 0.15) is 61.8 Å². The van der Waals surface area contributed by atoms with Gasteiger partial charge in [0, 0.05) is 24.6 Å². The number of hydrogen-bond acceptors (Lipinski definition) is 8. The van der Waals surface area contributed by atoms with E-state index < -0.39 is 34.5 Å². The van der Waals surface area contributed by atoms with E-state index in [1.54, 1.807) is 13.8 Å². The van der Waals surface area contributed by atoms with Crippen LogP contribution < -0.4 is 14.8 Å². The number of carbonyl (C=O) groups excluding carboxylic acids is 2. The lowest BCUT2D eigenvalue weighted by molar-refractivity contribution is -0.175. The van der Waals surface area contributed by atoms with Gasteiger partial charge in [-0.15, -0.1) is 0 Å². The van der Waals surface area contributed by atoms with Crippen molar-refractivity contribution in [3.8, 4) is 11.5 Å². The Morgan fingerprint density at radius 1 is 0.980 bits per heavy atom. The largest absolute Gasteiger partial charge is 0.489 e. The van der Waals surface area contributed by atoms with E-state index in [1.807, 2.05) is 66.7 Å². The number of hydrogen-bond donors (Lipinski definition) is 2. The van der Waals surface area contributed by atoms with Crippen molar-refractivity contribution in [2.24, 2.45) is 5.92 Å². The van der Waals surface area contributed by atoms with Crippen LogP contribution in [0.25, 0.3) is 0 Å². The summed E-state index contributed by atoms with van der Waals surface area (Å²) >= 11 is 0. The van der Waals surface area contributed by atoms with E-state index in [9.17, 15) is 14.7 Å². The maximum absolute atomic E-state index is 14.4. The Hall–Kier alpha value is -4.34. The van der Waals surface area contributed by atoms with E-state index in [0.29, 0.717) is 42.6 Å². The lowest BCUT2D eigenvalue weighted by Crippen LogP contribution is -2.76. The summed E-state index contributed by atoms with van der Waals surface area (Å²) in [6, 6.07) is 23.7. The lowest BCUT2D eigenvalue weighted by Gasteiger charge is -2.63. The van der Waals surface area contributed by atoms with Crippen molar-refractivity contribution in [1.82, 2.24) is 10.2 Å². The molecule has 9 heteroatoms. The molecule has 1 spiro atoms. The highest BCUT2D eigenvalue weighted by Crippen LogP contribution is 2.66. The van der Waals surface area contributed by atoms with Crippen LogP contribution in [-0.2, 0) is 44.1 Å². The van der Waals surface area contributed by atoms with Gasteiger partial charge in [-0.05, 0) is 74.8 Å². The molecule has 0 radical (unpaired) electrons. The van der Waals surface area contributed by atoms with Crippen LogP contribution in [0.5, 0.6) is 11.5 Å². The molecular weight excluding hydrogens is 620 g/mol. The van der Waals surface area contributed by atoms with Crippen molar-refractivity contribution in [2.45, 2.75) is 87.9 Å². The van der Waals surface area contributed by atoms with Crippen LogP contribution in [0.4, 0.5) is 0 Å². The van der Waals surface area contributed by atoms with Gasteiger partial charge in [-0.2, -0.15) is 0 Å². The molecule has 2 fully saturated rings. The molecule has 8 rings (SSSR count). The summed E-state index contributed by atoms with van der Waals surface area (Å²) in [6.45, 7) is 5.52. The van der Waals surface area contributed by atoms with Crippen LogP contribution >= 0.6 is 0 Å². The van der Waals surface area contributed by atoms with E-state index in [0.717, 1.165) is 35.3 Å². The molecule has 1 saturated heterocycles. The number of rotatable bonds is 11. The number of nitrogens with zero attached hydrogens (tertiary/aromatic N) is 1. The number of likely N-dealkylation sites (tertiary alicyclic amines) is 1. The van der Waals surface area contributed by atoms with Gasteiger partial charge < -0.3 is 29.4 Å². The molecule has 0 unspecified atom stereocenters. The molecule has 256 valence electrons. The molecule has 2 aliphatic heterocycles.